The fourth-order valence-corrected chi connectivity index (χ4v) is 3.72. The van der Waals surface area contributed by atoms with Gasteiger partial charge in [-0.1, -0.05) is 29.8 Å². The molecule has 0 bridgehead atoms. The van der Waals surface area contributed by atoms with Gasteiger partial charge in [-0.25, -0.2) is 0 Å². The molecule has 0 spiro atoms. The van der Waals surface area contributed by atoms with Gasteiger partial charge in [-0.15, -0.1) is 0 Å². The van der Waals surface area contributed by atoms with Crippen LogP contribution in [0, 0.1) is 18.8 Å². The fourth-order valence-electron chi connectivity index (χ4n) is 3.72. The van der Waals surface area contributed by atoms with Crippen molar-refractivity contribution in [3.8, 4) is 0 Å². The van der Waals surface area contributed by atoms with Crippen LogP contribution in [-0.4, -0.2) is 42.9 Å². The topological polar surface area (TPSA) is 61.4 Å². The molecule has 1 unspecified atom stereocenters. The lowest BCUT2D eigenvalue weighted by Crippen LogP contribution is -2.47. The van der Waals surface area contributed by atoms with E-state index in [-0.39, 0.29) is 23.7 Å². The number of rotatable bonds is 4. The third-order valence-electron chi connectivity index (χ3n) is 5.41. The molecule has 136 valence electrons. The summed E-state index contributed by atoms with van der Waals surface area (Å²) in [5.41, 5.74) is 2.34. The van der Waals surface area contributed by atoms with Crippen molar-refractivity contribution in [2.24, 2.45) is 11.8 Å². The summed E-state index contributed by atoms with van der Waals surface area (Å²) < 4.78 is 0. The molecule has 2 fully saturated rings. The molecule has 0 aromatic heterocycles. The van der Waals surface area contributed by atoms with Gasteiger partial charge in [-0.2, -0.15) is 0 Å². The summed E-state index contributed by atoms with van der Waals surface area (Å²) in [6, 6.07) is 8.22. The minimum absolute atomic E-state index is 0.0268. The summed E-state index contributed by atoms with van der Waals surface area (Å²) in [7, 11) is 0. The molecule has 1 aromatic carbocycles. The van der Waals surface area contributed by atoms with Gasteiger partial charge in [0.15, 0.2) is 0 Å². The number of hydrogen-bond donors (Lipinski definition) is 2. The Morgan fingerprint density at radius 2 is 1.84 bits per heavy atom. The van der Waals surface area contributed by atoms with Crippen molar-refractivity contribution in [3.05, 3.63) is 35.4 Å². The van der Waals surface area contributed by atoms with Gasteiger partial charge in [-0.3, -0.25) is 9.59 Å². The normalized spacial score (nSPS) is 21.8. The van der Waals surface area contributed by atoms with Crippen LogP contribution in [0.5, 0.6) is 0 Å². The Morgan fingerprint density at radius 1 is 1.12 bits per heavy atom. The first-order valence-corrected chi connectivity index (χ1v) is 9.46. The van der Waals surface area contributed by atoms with Crippen LogP contribution in [-0.2, 0) is 16.1 Å². The van der Waals surface area contributed by atoms with Gasteiger partial charge in [-0.05, 0) is 44.7 Å². The molecule has 2 N–H and O–H groups in total. The van der Waals surface area contributed by atoms with Crippen LogP contribution < -0.4 is 10.6 Å². The zero-order valence-corrected chi connectivity index (χ0v) is 15.1. The Balaban J connectivity index is 1.42. The van der Waals surface area contributed by atoms with E-state index in [2.05, 4.69) is 41.8 Å². The minimum Gasteiger partial charge on any atom is -0.352 e. The van der Waals surface area contributed by atoms with E-state index in [4.69, 9.17) is 0 Å². The molecule has 0 saturated carbocycles. The Labute approximate surface area is 150 Å². The number of aryl methyl sites for hydroxylation is 1. The van der Waals surface area contributed by atoms with Gasteiger partial charge in [0.2, 0.25) is 11.8 Å². The monoisotopic (exact) mass is 343 g/mol. The lowest BCUT2D eigenvalue weighted by atomic mass is 9.93. The van der Waals surface area contributed by atoms with Crippen molar-refractivity contribution in [2.75, 3.05) is 26.2 Å². The number of benzene rings is 1. The van der Waals surface area contributed by atoms with E-state index in [1.165, 1.54) is 5.56 Å². The number of hydrogen-bond acceptors (Lipinski definition) is 3. The molecule has 25 heavy (non-hydrogen) atoms. The highest BCUT2D eigenvalue weighted by atomic mass is 16.2. The second-order valence-electron chi connectivity index (χ2n) is 7.35. The van der Waals surface area contributed by atoms with Crippen LogP contribution in [0.25, 0.3) is 0 Å². The zero-order valence-electron chi connectivity index (χ0n) is 15.1. The molecule has 2 aliphatic heterocycles. The summed E-state index contributed by atoms with van der Waals surface area (Å²) in [6.45, 7) is 5.87. The van der Waals surface area contributed by atoms with Gasteiger partial charge in [0.05, 0.1) is 5.92 Å². The molecule has 1 atom stereocenters. The lowest BCUT2D eigenvalue weighted by Gasteiger charge is -2.34. The molecular formula is C20H29N3O2. The number of nitrogens with one attached hydrogen (secondary N) is 2. The van der Waals surface area contributed by atoms with Gasteiger partial charge in [0.1, 0.15) is 0 Å². The van der Waals surface area contributed by atoms with Crippen molar-refractivity contribution in [2.45, 2.75) is 39.2 Å². The van der Waals surface area contributed by atoms with Crippen LogP contribution in [0.1, 0.15) is 36.8 Å². The van der Waals surface area contributed by atoms with Gasteiger partial charge in [0, 0.05) is 32.1 Å². The summed E-state index contributed by atoms with van der Waals surface area (Å²) in [6.07, 6.45) is 3.61. The second-order valence-corrected chi connectivity index (χ2v) is 7.35. The highest BCUT2D eigenvalue weighted by Gasteiger charge is 2.31. The first kappa shape index (κ1) is 17.9. The Hall–Kier alpha value is -1.88. The number of nitrogens with zero attached hydrogens (tertiary/aromatic N) is 1. The summed E-state index contributed by atoms with van der Waals surface area (Å²) in [4.78, 5) is 26.9. The summed E-state index contributed by atoms with van der Waals surface area (Å²) >= 11 is 0. The van der Waals surface area contributed by atoms with Crippen molar-refractivity contribution >= 4 is 11.8 Å². The molecule has 1 aromatic rings. The van der Waals surface area contributed by atoms with Crippen LogP contribution in [0.15, 0.2) is 24.3 Å². The van der Waals surface area contributed by atoms with Crippen molar-refractivity contribution in [1.82, 2.24) is 15.5 Å². The third kappa shape index (κ3) is 4.82. The number of amides is 2. The van der Waals surface area contributed by atoms with Crippen molar-refractivity contribution < 1.29 is 9.59 Å². The predicted octanol–water partition coefficient (Wildman–Crippen LogP) is 1.85. The number of likely N-dealkylation sites (tertiary alicyclic amines) is 1. The van der Waals surface area contributed by atoms with Crippen LogP contribution in [0.3, 0.4) is 0 Å². The molecular weight excluding hydrogens is 314 g/mol. The highest BCUT2D eigenvalue weighted by molar-refractivity contribution is 5.81. The maximum absolute atomic E-state index is 12.6. The second kappa shape index (κ2) is 8.48. The highest BCUT2D eigenvalue weighted by Crippen LogP contribution is 2.21. The quantitative estimate of drug-likeness (QED) is 0.877. The smallest absolute Gasteiger partial charge is 0.226 e. The average molecular weight is 343 g/mol. The Morgan fingerprint density at radius 3 is 2.48 bits per heavy atom. The van der Waals surface area contributed by atoms with Crippen LogP contribution >= 0.6 is 0 Å². The summed E-state index contributed by atoms with van der Waals surface area (Å²) in [5.74, 6) is 0.539. The van der Waals surface area contributed by atoms with Gasteiger partial charge < -0.3 is 15.5 Å². The number of carbonyl (C=O) groups is 2. The lowest BCUT2D eigenvalue weighted by molar-refractivity contribution is -0.139. The third-order valence-corrected chi connectivity index (χ3v) is 5.41. The van der Waals surface area contributed by atoms with Gasteiger partial charge >= 0.3 is 0 Å². The van der Waals surface area contributed by atoms with Crippen molar-refractivity contribution in [3.63, 3.8) is 0 Å². The van der Waals surface area contributed by atoms with E-state index in [0.717, 1.165) is 44.3 Å². The van der Waals surface area contributed by atoms with Crippen LogP contribution in [0.2, 0.25) is 0 Å². The molecule has 0 radical (unpaired) electrons. The zero-order chi connectivity index (χ0) is 17.6. The molecule has 3 rings (SSSR count). The SMILES string of the molecule is Cc1ccc(CNC(=O)C2CCN(C(=O)C3CCCNC3)CC2)cc1. The molecule has 5 nitrogen and oxygen atoms in total. The number of carbonyl (C=O) groups excluding carboxylic acids is 2. The van der Waals surface area contributed by atoms with E-state index in [9.17, 15) is 9.59 Å². The van der Waals surface area contributed by atoms with E-state index in [1.807, 2.05) is 4.90 Å². The minimum atomic E-state index is 0.0268. The molecule has 5 heteroatoms. The average Bonchev–Trinajstić information content (AvgIpc) is 2.67. The summed E-state index contributed by atoms with van der Waals surface area (Å²) in [5, 5.41) is 6.35. The maximum atomic E-state index is 12.6. The van der Waals surface area contributed by atoms with E-state index in [1.54, 1.807) is 0 Å². The molecule has 2 aliphatic rings. The van der Waals surface area contributed by atoms with Crippen LogP contribution in [0.4, 0.5) is 0 Å². The predicted molar refractivity (Wildman–Crippen MR) is 97.9 cm³/mol. The number of piperidine rings is 2. The maximum Gasteiger partial charge on any atom is 0.226 e. The molecule has 2 heterocycles. The standard InChI is InChI=1S/C20H29N3O2/c1-15-4-6-16(7-5-15)13-22-19(24)17-8-11-23(12-9-17)20(25)18-3-2-10-21-14-18/h4-7,17-18,21H,2-3,8-14H2,1H3,(H,22,24). The van der Waals surface area contributed by atoms with E-state index >= 15 is 0 Å². The first-order valence-electron chi connectivity index (χ1n) is 9.46. The molecule has 2 saturated heterocycles. The Bertz CT molecular complexity index is 585. The fraction of sp³-hybridized carbons (Fsp3) is 0.600. The first-order chi connectivity index (χ1) is 12.1. The van der Waals surface area contributed by atoms with Crippen molar-refractivity contribution in [1.29, 1.82) is 0 Å². The Kier molecular flexibility index (Phi) is 6.08. The van der Waals surface area contributed by atoms with E-state index < -0.39 is 0 Å². The van der Waals surface area contributed by atoms with E-state index in [0.29, 0.717) is 19.6 Å². The molecule has 2 amide bonds. The largest absolute Gasteiger partial charge is 0.352 e. The molecule has 0 aliphatic carbocycles. The van der Waals surface area contributed by atoms with Gasteiger partial charge in [0.25, 0.3) is 0 Å².